The van der Waals surface area contributed by atoms with Gasteiger partial charge >= 0.3 is 53.9 Å². The van der Waals surface area contributed by atoms with E-state index >= 15 is 4.79 Å². The normalized spacial score (nSPS) is 21.8. The molecule has 20 N–H and O–H groups in total. The number of esters is 4. The van der Waals surface area contributed by atoms with E-state index in [2.05, 4.69) is 62.5 Å². The molecule has 16 atom stereocenters. The van der Waals surface area contributed by atoms with E-state index in [4.69, 9.17) is 50.0 Å². The number of benzene rings is 4. The van der Waals surface area contributed by atoms with Gasteiger partial charge in [0.2, 0.25) is 29.6 Å². The molecule has 0 spiro atoms. The zero-order chi connectivity index (χ0) is 97.1. The molecule has 1 saturated heterocycles. The van der Waals surface area contributed by atoms with Crippen LogP contribution in [-0.4, -0.2) is 261 Å². The number of nitrogen functional groups attached to an aromatic ring is 1. The van der Waals surface area contributed by atoms with Crippen molar-refractivity contribution in [1.29, 1.82) is 5.41 Å². The van der Waals surface area contributed by atoms with Crippen LogP contribution in [0.4, 0.5) is 16.4 Å². The number of aliphatic hydroxyl groups is 2. The van der Waals surface area contributed by atoms with Crippen LogP contribution >= 0.6 is 21.6 Å². The second-order valence-electron chi connectivity index (χ2n) is 32.3. The zero-order valence-corrected chi connectivity index (χ0v) is 73.9. The second kappa shape index (κ2) is 44.2. The number of nitrogens with one attached hydrogen (secondary N) is 10. The average molecular weight is 1890 g/mol. The van der Waals surface area contributed by atoms with Crippen LogP contribution in [0.15, 0.2) is 137 Å². The number of nitrogens with zero attached hydrogens (tertiary/aromatic N) is 3. The van der Waals surface area contributed by atoms with Gasteiger partial charge in [-0.25, -0.2) is 33.9 Å². The third kappa shape index (κ3) is 24.5. The van der Waals surface area contributed by atoms with Gasteiger partial charge in [-0.2, -0.15) is 4.98 Å². The summed E-state index contributed by atoms with van der Waals surface area (Å²) in [6.45, 7) is 6.36. The molecular formula is C86H99N15O30S2. The van der Waals surface area contributed by atoms with Crippen LogP contribution in [0.25, 0.3) is 11.2 Å². The molecule has 10 rings (SSSR count). The molecule has 2 aromatic heterocycles. The molecule has 3 heterocycles. The van der Waals surface area contributed by atoms with E-state index in [-0.39, 0.29) is 75.8 Å². The molecule has 45 nitrogen and oxygen atoms in total. The van der Waals surface area contributed by atoms with E-state index in [0.717, 1.165) is 35.4 Å². The van der Waals surface area contributed by atoms with Crippen LogP contribution in [-0.2, 0) is 97.2 Å². The molecule has 1 aliphatic heterocycles. The lowest BCUT2D eigenvalue weighted by atomic mass is 9.44. The number of ketones is 1. The van der Waals surface area contributed by atoms with Crippen molar-refractivity contribution in [2.24, 2.45) is 22.5 Å². The molecule has 4 aromatic carbocycles. The Morgan fingerprint density at radius 3 is 1.86 bits per heavy atom. The van der Waals surface area contributed by atoms with Crippen LogP contribution in [0.2, 0.25) is 0 Å². The number of carboxylic acid groups (broad SMARTS) is 4. The first kappa shape index (κ1) is 101. The van der Waals surface area contributed by atoms with Crippen molar-refractivity contribution in [3.8, 4) is 0 Å². The van der Waals surface area contributed by atoms with Crippen molar-refractivity contribution in [2.45, 2.75) is 184 Å². The first-order chi connectivity index (χ1) is 63.0. The molecule has 4 aliphatic rings. The van der Waals surface area contributed by atoms with Crippen molar-refractivity contribution in [3.63, 3.8) is 0 Å². The van der Waals surface area contributed by atoms with Gasteiger partial charge in [-0.3, -0.25) is 67.9 Å². The standard InChI is InChI=1S/C86H99N15O30S2/c1-41-55(128-79(122)64(109)62(44-17-10-7-11-18-44)99-71(112)45-19-12-8-13-20-45)36-86(124)68(130-78(121)47-21-14-9-15-22-47)66-84(6,67(110)65(127-42(2)102)61(41)83(86,4)5)56(35-57-85(66,40-126-57)131-43(3)103)129-82(123)125-31-32-132-133-39-54(77(119)120)98-74(115)53(34-60(107)108)97-72(113)50(23-16-30-90-80(87)88)95-73(114)52(33-59(105)106)94-58(104)29-28-51(76(117)118)96-70(111)46-24-26-48(27-25-46)91-37-49-38-92-69-63(93-49)75(116)101-81(89)100-69/h7-15,17-22,24-27,38,50-57,62,64-66,68,91,109,124H,16,23,28-37,39-40H2,1-6H3,(H,94,104)(H,95,114)(H,96,111)(H,97,113)(H,98,115)(H,99,112)(H,105,106)(H,107,108)(H,117,118)(H,119,120)(H4,87,88,90)(H3,89,92,100,101,116)/t50-,51-,52-,53-,54-,55-,56?,57+,62-,64+,65+,66?,68-,84+,85-,86+/m0/s1. The number of carboxylic acids is 4. The summed E-state index contributed by atoms with van der Waals surface area (Å²) in [5, 5.41) is 93.3. The predicted octanol–water partition coefficient (Wildman–Crippen LogP) is 1.40. The number of ether oxygens (including phenoxy) is 7. The number of guanidine groups is 1. The fourth-order valence-corrected chi connectivity index (χ4v) is 18.4. The van der Waals surface area contributed by atoms with Crippen LogP contribution in [0.5, 0.6) is 0 Å². The Hall–Kier alpha value is -14.2. The largest absolute Gasteiger partial charge is 0.508 e. The number of aliphatic hydroxyl groups excluding tert-OH is 1. The number of anilines is 2. The maximum Gasteiger partial charge on any atom is 0.508 e. The number of hydrogen-bond acceptors (Lipinski definition) is 34. The number of fused-ring (bicyclic) bond motifs is 6. The SMILES string of the molecule is CC(=O)O[C@H]1C(=O)[C@]2(C)C(OC(=O)OCCSSC[C@H](NC(=O)[C@H](CC(=O)O)NC(=O)[C@H](CCCNC(=N)N)NC(=O)[C@H](CC(=O)O)NC(=O)CC[C@H](NC(=O)c3ccc(NCc4cnc5nc(N)[nH]c(=O)c5n4)cc3)C(=O)O)C(=O)O)C[C@H]3OC[C@@]3(OC(C)=O)C2[C@H](OC(=O)c2ccccc2)[C@]2(O)C[C@H](OC(=O)[C@H](O)[C@@H](NC(=O)c3ccccc3)c3ccccc3)C(C)=C1C2(C)C. The number of amides is 6. The van der Waals surface area contributed by atoms with E-state index in [0.29, 0.717) is 11.4 Å². The number of aliphatic carboxylic acids is 4. The van der Waals surface area contributed by atoms with Gasteiger partial charge in [0.1, 0.15) is 66.8 Å². The topological polar surface area (TPSA) is 703 Å². The third-order valence-electron chi connectivity index (χ3n) is 23.0. The second-order valence-corrected chi connectivity index (χ2v) is 34.9. The molecule has 3 fully saturated rings. The van der Waals surface area contributed by atoms with E-state index in [1.807, 2.05) is 0 Å². The first-order valence-electron chi connectivity index (χ1n) is 41.4. The number of rotatable bonds is 42. The maximum absolute atomic E-state index is 16.6. The highest BCUT2D eigenvalue weighted by Crippen LogP contribution is 2.65. The first-order valence-corrected chi connectivity index (χ1v) is 43.9. The molecule has 710 valence electrons. The van der Waals surface area contributed by atoms with Crippen molar-refractivity contribution in [1.82, 2.24) is 57.2 Å². The predicted molar refractivity (Wildman–Crippen MR) is 466 cm³/mol. The molecule has 2 unspecified atom stereocenters. The Kier molecular flexibility index (Phi) is 33.5. The van der Waals surface area contributed by atoms with Crippen LogP contribution in [0.3, 0.4) is 0 Å². The lowest BCUT2D eigenvalue weighted by molar-refractivity contribution is -0.346. The summed E-state index contributed by atoms with van der Waals surface area (Å²) < 4.78 is 42.8. The number of carbonyl (C=O) groups excluding carboxylic acids is 12. The minimum Gasteiger partial charge on any atom is -0.481 e. The van der Waals surface area contributed by atoms with Crippen LogP contribution < -0.4 is 59.6 Å². The summed E-state index contributed by atoms with van der Waals surface area (Å²) in [4.78, 5) is 247. The number of carbonyl (C=O) groups is 16. The maximum atomic E-state index is 16.6. The van der Waals surface area contributed by atoms with Gasteiger partial charge in [-0.15, -0.1) is 0 Å². The molecule has 6 aromatic rings. The van der Waals surface area contributed by atoms with Crippen molar-refractivity contribution in [2.75, 3.05) is 42.3 Å². The molecule has 3 aliphatic carbocycles. The highest BCUT2D eigenvalue weighted by molar-refractivity contribution is 8.76. The number of hydrogen-bond donors (Lipinski definition) is 18. The summed E-state index contributed by atoms with van der Waals surface area (Å²) in [6, 6.07) is 17.7. The van der Waals surface area contributed by atoms with Gasteiger partial charge in [0.25, 0.3) is 17.4 Å². The number of aromatic amines is 1. The average Bonchev–Trinajstić information content (AvgIpc) is 0.665. The van der Waals surface area contributed by atoms with E-state index in [1.54, 1.807) is 42.5 Å². The number of aromatic nitrogens is 4. The van der Waals surface area contributed by atoms with Crippen LogP contribution in [0.1, 0.15) is 141 Å². The van der Waals surface area contributed by atoms with E-state index in [9.17, 15) is 107 Å². The Morgan fingerprint density at radius 1 is 0.677 bits per heavy atom. The van der Waals surface area contributed by atoms with Gasteiger partial charge in [-0.1, -0.05) is 102 Å². The van der Waals surface area contributed by atoms with Crippen molar-refractivity contribution in [3.05, 3.63) is 171 Å². The Bertz CT molecular complexity index is 5530. The smallest absolute Gasteiger partial charge is 0.481 e. The van der Waals surface area contributed by atoms with E-state index < -0.39 is 271 Å². The molecule has 47 heteroatoms. The van der Waals surface area contributed by atoms with Crippen molar-refractivity contribution < 1.29 is 141 Å². The monoisotopic (exact) mass is 1890 g/mol. The van der Waals surface area contributed by atoms with Gasteiger partial charge < -0.3 is 118 Å². The minimum absolute atomic E-state index is 0.0153. The summed E-state index contributed by atoms with van der Waals surface area (Å²) in [5.41, 5.74) is 2.04. The fraction of sp³-hybridized carbons (Fsp3) is 0.430. The molecule has 0 radical (unpaired) electrons. The fourth-order valence-electron chi connectivity index (χ4n) is 16.4. The Balaban J connectivity index is 0.797. The number of H-pyrrole nitrogens is 1. The molecule has 6 amide bonds. The van der Waals surface area contributed by atoms with Crippen molar-refractivity contribution >= 4 is 145 Å². The molecule has 133 heavy (non-hydrogen) atoms. The lowest BCUT2D eigenvalue weighted by Crippen LogP contribution is -2.82. The van der Waals surface area contributed by atoms with Gasteiger partial charge in [0.15, 0.2) is 40.7 Å². The molecular weight excluding hydrogens is 1790 g/mol. The van der Waals surface area contributed by atoms with Crippen LogP contribution in [0, 0.1) is 22.2 Å². The lowest BCUT2D eigenvalue weighted by Gasteiger charge is -2.67. The summed E-state index contributed by atoms with van der Waals surface area (Å²) in [5.74, 6) is -22.4. The zero-order valence-electron chi connectivity index (χ0n) is 72.2. The van der Waals surface area contributed by atoms with Gasteiger partial charge in [-0.05, 0) is 98.4 Å². The number of nitrogens with two attached hydrogens (primary N) is 2. The highest BCUT2D eigenvalue weighted by Gasteiger charge is 2.79. The quantitative estimate of drug-likeness (QED) is 0.00490. The Morgan fingerprint density at radius 2 is 1.26 bits per heavy atom. The molecule has 2 saturated carbocycles. The van der Waals surface area contributed by atoms with E-state index in [1.165, 1.54) is 107 Å². The third-order valence-corrected chi connectivity index (χ3v) is 25.4. The van der Waals surface area contributed by atoms with Gasteiger partial charge in [0.05, 0.1) is 60.8 Å². The molecule has 2 bridgehead atoms. The highest BCUT2D eigenvalue weighted by atomic mass is 33.1. The minimum atomic E-state index is -2.68. The summed E-state index contributed by atoms with van der Waals surface area (Å²) >= 11 is 0. The number of Topliss-reactive ketones (excluding diaryl/α,β-unsaturated/α-hetero) is 1. The summed E-state index contributed by atoms with van der Waals surface area (Å²) in [7, 11) is 1.62. The summed E-state index contributed by atoms with van der Waals surface area (Å²) in [6.07, 6.45) is -17.1. The Labute approximate surface area is 764 Å². The van der Waals surface area contributed by atoms with Gasteiger partial charge in [0, 0.05) is 73.4 Å².